The predicted octanol–water partition coefficient (Wildman–Crippen LogP) is 4.90. The fraction of sp³-hybridized carbons (Fsp3) is 0.419. The maximum Gasteiger partial charge on any atom is 0.242 e. The van der Waals surface area contributed by atoms with Crippen LogP contribution in [0.5, 0.6) is 11.6 Å². The summed E-state index contributed by atoms with van der Waals surface area (Å²) >= 11 is 1.44. The molecule has 0 atom stereocenters. The van der Waals surface area contributed by atoms with E-state index in [0.29, 0.717) is 53.2 Å². The molecule has 2 aromatic heterocycles. The molecule has 3 aliphatic rings. The molecule has 0 bridgehead atoms. The van der Waals surface area contributed by atoms with Crippen LogP contribution in [0.2, 0.25) is 0 Å². The minimum absolute atomic E-state index is 0.263. The number of hydrogen-bond donors (Lipinski definition) is 1. The van der Waals surface area contributed by atoms with Crippen LogP contribution in [0, 0.1) is 5.82 Å². The average molecular weight is 638 g/mol. The molecular weight excluding hydrogens is 602 g/mol. The van der Waals surface area contributed by atoms with Gasteiger partial charge in [0.2, 0.25) is 21.9 Å². The summed E-state index contributed by atoms with van der Waals surface area (Å²) in [5, 5.41) is 5.05. The van der Waals surface area contributed by atoms with Crippen LogP contribution in [0.4, 0.5) is 27.4 Å². The van der Waals surface area contributed by atoms with E-state index in [1.807, 2.05) is 35.7 Å². The van der Waals surface area contributed by atoms with Crippen molar-refractivity contribution in [1.82, 2.24) is 19.8 Å². The number of likely N-dealkylation sites (N-methyl/N-ethyl adjacent to an activating group) is 1. The number of rotatable bonds is 7. The molecule has 0 aliphatic carbocycles. The Kier molecular flexibility index (Phi) is 7.81. The highest BCUT2D eigenvalue weighted by Crippen LogP contribution is 2.42. The third kappa shape index (κ3) is 5.81. The zero-order valence-corrected chi connectivity index (χ0v) is 26.5. The van der Waals surface area contributed by atoms with Gasteiger partial charge in [0.15, 0.2) is 5.75 Å². The van der Waals surface area contributed by atoms with Crippen LogP contribution in [-0.4, -0.2) is 93.3 Å². The van der Waals surface area contributed by atoms with E-state index < -0.39 is 10.0 Å². The van der Waals surface area contributed by atoms with Gasteiger partial charge in [-0.1, -0.05) is 12.1 Å². The Morgan fingerprint density at radius 2 is 1.80 bits per heavy atom. The van der Waals surface area contributed by atoms with Crippen LogP contribution in [-0.2, 0) is 16.4 Å². The van der Waals surface area contributed by atoms with Gasteiger partial charge in [-0.05, 0) is 67.6 Å². The maximum atomic E-state index is 15.4. The SMILES string of the molecule is CN1CCN(C2CCN(c3ccc(Nc4nc(Oc5cccc6c5N(S(C)(=O)=O)CC6)c5sccc5n4)cc3F)CC2)CC1. The van der Waals surface area contributed by atoms with Gasteiger partial charge in [-0.2, -0.15) is 4.98 Å². The van der Waals surface area contributed by atoms with Crippen molar-refractivity contribution < 1.29 is 17.5 Å². The summed E-state index contributed by atoms with van der Waals surface area (Å²) in [5.74, 6) is 0.693. The molecule has 2 aromatic carbocycles. The van der Waals surface area contributed by atoms with Crippen LogP contribution >= 0.6 is 11.3 Å². The van der Waals surface area contributed by atoms with Gasteiger partial charge in [0.1, 0.15) is 10.5 Å². The van der Waals surface area contributed by atoms with Gasteiger partial charge in [0.25, 0.3) is 0 Å². The summed E-state index contributed by atoms with van der Waals surface area (Å²) in [6, 6.07) is 13.1. The van der Waals surface area contributed by atoms with Crippen molar-refractivity contribution in [3.63, 3.8) is 0 Å². The summed E-state index contributed by atoms with van der Waals surface area (Å²) in [6.45, 7) is 6.46. The van der Waals surface area contributed by atoms with Gasteiger partial charge in [0.05, 0.1) is 23.1 Å². The molecule has 1 N–H and O–H groups in total. The second-order valence-electron chi connectivity index (χ2n) is 11.8. The number of aromatic nitrogens is 2. The summed E-state index contributed by atoms with van der Waals surface area (Å²) < 4.78 is 48.8. The number of hydrogen-bond acceptors (Lipinski definition) is 10. The summed E-state index contributed by atoms with van der Waals surface area (Å²) in [5.41, 5.74) is 3.26. The molecule has 0 radical (unpaired) electrons. The molecule has 10 nitrogen and oxygen atoms in total. The highest BCUT2D eigenvalue weighted by atomic mass is 32.2. The molecule has 7 rings (SSSR count). The van der Waals surface area contributed by atoms with Crippen LogP contribution in [0.25, 0.3) is 10.2 Å². The van der Waals surface area contributed by atoms with Crippen molar-refractivity contribution in [1.29, 1.82) is 0 Å². The van der Waals surface area contributed by atoms with Gasteiger partial charge >= 0.3 is 0 Å². The molecular formula is C31H36FN7O3S2. The van der Waals surface area contributed by atoms with Gasteiger partial charge < -0.3 is 19.9 Å². The molecule has 2 fully saturated rings. The lowest BCUT2D eigenvalue weighted by Gasteiger charge is -2.42. The second kappa shape index (κ2) is 11.8. The molecule has 232 valence electrons. The first-order valence-electron chi connectivity index (χ1n) is 15.0. The number of nitrogens with one attached hydrogen (secondary N) is 1. The highest BCUT2D eigenvalue weighted by molar-refractivity contribution is 7.92. The Morgan fingerprint density at radius 1 is 1.00 bits per heavy atom. The molecule has 0 unspecified atom stereocenters. The monoisotopic (exact) mass is 637 g/mol. The summed E-state index contributed by atoms with van der Waals surface area (Å²) in [7, 11) is -1.30. The topological polar surface area (TPSA) is 94.1 Å². The largest absolute Gasteiger partial charge is 0.435 e. The van der Waals surface area contributed by atoms with Gasteiger partial charge in [-0.25, -0.2) is 17.8 Å². The first-order chi connectivity index (χ1) is 21.2. The first kappa shape index (κ1) is 29.2. The average Bonchev–Trinajstić information content (AvgIpc) is 3.66. The van der Waals surface area contributed by atoms with Crippen molar-refractivity contribution in [3.8, 4) is 11.6 Å². The fourth-order valence-corrected chi connectivity index (χ4v) is 8.21. The number of benzene rings is 2. The van der Waals surface area contributed by atoms with E-state index in [4.69, 9.17) is 4.74 Å². The molecule has 2 saturated heterocycles. The molecule has 5 heterocycles. The maximum absolute atomic E-state index is 15.4. The van der Waals surface area contributed by atoms with Crippen molar-refractivity contribution in [2.75, 3.05) is 73.6 Å². The normalized spacial score (nSPS) is 18.6. The Bertz CT molecular complexity index is 1780. The minimum atomic E-state index is -3.47. The molecule has 0 amide bonds. The number of piperazine rings is 1. The van der Waals surface area contributed by atoms with E-state index in [9.17, 15) is 8.42 Å². The van der Waals surface area contributed by atoms with Crippen LogP contribution in [0.1, 0.15) is 18.4 Å². The highest BCUT2D eigenvalue weighted by Gasteiger charge is 2.31. The van der Waals surface area contributed by atoms with E-state index in [2.05, 4.69) is 37.0 Å². The standard InChI is InChI=1S/C31H36FN7O3S2/c1-36-15-17-37(18-16-36)23-9-12-38(13-10-23)26-7-6-22(20-24(26)32)33-31-34-25-11-19-43-29(25)30(35-31)42-27-5-3-4-21-8-14-39(28(21)27)44(2,40)41/h3-7,11,19-20,23H,8-10,12-18H2,1-2H3,(H,33,34,35). The van der Waals surface area contributed by atoms with Crippen molar-refractivity contribution in [2.45, 2.75) is 25.3 Å². The Labute approximate surface area is 261 Å². The smallest absolute Gasteiger partial charge is 0.242 e. The quantitative estimate of drug-likeness (QED) is 0.304. The lowest BCUT2D eigenvalue weighted by Crippen LogP contribution is -2.52. The number of ether oxygens (including phenoxy) is 1. The molecule has 44 heavy (non-hydrogen) atoms. The number of halogens is 1. The van der Waals surface area contributed by atoms with Crippen LogP contribution in [0.3, 0.4) is 0 Å². The van der Waals surface area contributed by atoms with E-state index in [0.717, 1.165) is 62.4 Å². The number of para-hydroxylation sites is 1. The summed E-state index contributed by atoms with van der Waals surface area (Å²) in [4.78, 5) is 16.4. The number of thiophene rings is 1. The Hall–Kier alpha value is -3.52. The number of nitrogens with zero attached hydrogens (tertiary/aromatic N) is 6. The number of sulfonamides is 1. The summed E-state index contributed by atoms with van der Waals surface area (Å²) in [6.07, 6.45) is 3.88. The number of anilines is 4. The fourth-order valence-electron chi connectivity index (χ4n) is 6.50. The second-order valence-corrected chi connectivity index (χ2v) is 14.6. The minimum Gasteiger partial charge on any atom is -0.435 e. The van der Waals surface area contributed by atoms with Crippen LogP contribution in [0.15, 0.2) is 47.8 Å². The van der Waals surface area contributed by atoms with E-state index >= 15 is 4.39 Å². The molecule has 13 heteroatoms. The molecule has 0 spiro atoms. The molecule has 3 aliphatic heterocycles. The van der Waals surface area contributed by atoms with E-state index in [1.165, 1.54) is 28.0 Å². The molecule has 4 aromatic rings. The zero-order chi connectivity index (χ0) is 30.4. The van der Waals surface area contributed by atoms with Gasteiger partial charge in [-0.15, -0.1) is 11.3 Å². The Balaban J connectivity index is 1.08. The Morgan fingerprint density at radius 3 is 2.55 bits per heavy atom. The molecule has 0 saturated carbocycles. The van der Waals surface area contributed by atoms with E-state index in [1.54, 1.807) is 6.07 Å². The number of fused-ring (bicyclic) bond motifs is 2. The number of piperidine rings is 1. The van der Waals surface area contributed by atoms with Crippen molar-refractivity contribution >= 4 is 54.6 Å². The van der Waals surface area contributed by atoms with Crippen LogP contribution < -0.4 is 19.3 Å². The van der Waals surface area contributed by atoms with Crippen molar-refractivity contribution in [2.24, 2.45) is 0 Å². The van der Waals surface area contributed by atoms with Gasteiger partial charge in [0, 0.05) is 57.5 Å². The third-order valence-corrected chi connectivity index (χ3v) is 10.9. The predicted molar refractivity (Wildman–Crippen MR) is 174 cm³/mol. The van der Waals surface area contributed by atoms with Crippen molar-refractivity contribution in [3.05, 3.63) is 59.2 Å². The first-order valence-corrected chi connectivity index (χ1v) is 17.7. The third-order valence-electron chi connectivity index (χ3n) is 8.86. The van der Waals surface area contributed by atoms with E-state index in [-0.39, 0.29) is 11.8 Å². The zero-order valence-electron chi connectivity index (χ0n) is 24.9. The lowest BCUT2D eigenvalue weighted by molar-refractivity contribution is 0.0981. The lowest BCUT2D eigenvalue weighted by atomic mass is 10.0. The van der Waals surface area contributed by atoms with Gasteiger partial charge in [-0.3, -0.25) is 9.21 Å².